The lowest BCUT2D eigenvalue weighted by molar-refractivity contribution is 0.611. The summed E-state index contributed by atoms with van der Waals surface area (Å²) in [5.41, 5.74) is 0. The molecule has 0 heterocycles. The third-order valence-electron chi connectivity index (χ3n) is 0.164. The van der Waals surface area contributed by atoms with Crippen LogP contribution in [0.25, 0.3) is 0 Å². The van der Waals surface area contributed by atoms with E-state index >= 15 is 0 Å². The predicted octanol–water partition coefficient (Wildman–Crippen LogP) is -0.113. The van der Waals surface area contributed by atoms with Gasteiger partial charge in [-0.15, -0.1) is 5.14 Å². The van der Waals surface area contributed by atoms with E-state index in [0.717, 1.165) is 10.8 Å². The van der Waals surface area contributed by atoms with Gasteiger partial charge in [-0.25, -0.2) is 0 Å². The zero-order valence-corrected chi connectivity index (χ0v) is 4.44. The van der Waals surface area contributed by atoms with E-state index in [1.807, 2.05) is 0 Å². The fraction of sp³-hybridized carbons (Fsp3) is 1.00. The van der Waals surface area contributed by atoms with Gasteiger partial charge < -0.3 is 4.55 Å². The number of hydrogen-bond acceptors (Lipinski definition) is 3. The Labute approximate surface area is 37.8 Å². The van der Waals surface area contributed by atoms with Gasteiger partial charge in [-0.1, -0.05) is 0 Å². The van der Waals surface area contributed by atoms with E-state index in [0.29, 0.717) is 0 Å². The molecule has 0 aliphatic rings. The number of rotatable bonds is 1. The summed E-state index contributed by atoms with van der Waals surface area (Å²) in [5.74, 6) is 0. The second-order valence-corrected chi connectivity index (χ2v) is 3.27. The van der Waals surface area contributed by atoms with Gasteiger partial charge in [-0.05, 0) is 0 Å². The van der Waals surface area contributed by atoms with Crippen LogP contribution in [0.15, 0.2) is 0 Å². The van der Waals surface area contributed by atoms with Crippen molar-refractivity contribution in [2.24, 2.45) is 5.14 Å². The van der Waals surface area contributed by atoms with Crippen molar-refractivity contribution >= 4 is 21.2 Å². The normalized spacial score (nSPS) is 15.0. The van der Waals surface area contributed by atoms with Crippen molar-refractivity contribution in [2.45, 2.75) is 0 Å². The fourth-order valence-corrected chi connectivity index (χ4v) is 0. The van der Waals surface area contributed by atoms with E-state index in [4.69, 9.17) is 5.14 Å². The summed E-state index contributed by atoms with van der Waals surface area (Å²) in [6, 6.07) is 0. The molecule has 0 rings (SSSR count). The van der Waals surface area contributed by atoms with Crippen LogP contribution in [0.1, 0.15) is 0 Å². The number of nitrogens with two attached hydrogens (primary N) is 1. The summed E-state index contributed by atoms with van der Waals surface area (Å²) in [6.45, 7) is 0. The van der Waals surface area contributed by atoms with Crippen LogP contribution in [0, 0.1) is 0 Å². The predicted molar refractivity (Wildman–Crippen MR) is 25.8 cm³/mol. The molecule has 0 aliphatic carbocycles. The maximum atomic E-state index is 9.66. The van der Waals surface area contributed by atoms with Crippen LogP contribution >= 0.6 is 10.8 Å². The summed E-state index contributed by atoms with van der Waals surface area (Å²) in [7, 11) is -0.0262. The van der Waals surface area contributed by atoms with Crippen molar-refractivity contribution in [3.8, 4) is 0 Å². The molecule has 0 spiro atoms. The highest BCUT2D eigenvalue weighted by Gasteiger charge is 1.86. The van der Waals surface area contributed by atoms with E-state index in [1.165, 1.54) is 0 Å². The molecule has 0 aliphatic heterocycles. The highest BCUT2D eigenvalue weighted by Crippen LogP contribution is 1.96. The molecule has 1 atom stereocenters. The van der Waals surface area contributed by atoms with Crippen molar-refractivity contribution in [3.05, 3.63) is 0 Å². The zero-order chi connectivity index (χ0) is 4.28. The van der Waals surface area contributed by atoms with Crippen LogP contribution in [0.4, 0.5) is 0 Å². The Morgan fingerprint density at radius 1 is 2.00 bits per heavy atom. The highest BCUT2D eigenvalue weighted by atomic mass is 33.1. The van der Waals surface area contributed by atoms with E-state index < -0.39 is 10.4 Å². The molecule has 0 saturated carbocycles. The monoisotopic (exact) mass is 111 g/mol. The Balaban J connectivity index is 2.54. The molecule has 5 heavy (non-hydrogen) atoms. The van der Waals surface area contributed by atoms with Crippen LogP contribution in [0.5, 0.6) is 0 Å². The molecule has 0 fully saturated rings. The minimum absolute atomic E-state index is 1.13. The smallest absolute Gasteiger partial charge is 0.110 e. The molecule has 0 aromatic heterocycles. The summed E-state index contributed by atoms with van der Waals surface area (Å²) in [6.07, 6.45) is 1.69. The Morgan fingerprint density at radius 3 is 2.20 bits per heavy atom. The summed E-state index contributed by atoms with van der Waals surface area (Å²) < 4.78 is 9.66. The molecular formula is CH5NOS2. The van der Waals surface area contributed by atoms with Crippen molar-refractivity contribution in [1.29, 1.82) is 0 Å². The van der Waals surface area contributed by atoms with Crippen molar-refractivity contribution in [1.82, 2.24) is 0 Å². The van der Waals surface area contributed by atoms with Gasteiger partial charge in [-0.3, -0.25) is 0 Å². The van der Waals surface area contributed by atoms with E-state index in [9.17, 15) is 4.55 Å². The second kappa shape index (κ2) is 2.84. The Kier molecular flexibility index (Phi) is 3.19. The molecule has 2 N–H and O–H groups in total. The molecule has 4 heteroatoms. The SMILES string of the molecule is CS[S+](N)[O-]. The summed E-state index contributed by atoms with van der Waals surface area (Å²) in [4.78, 5) is 0. The topological polar surface area (TPSA) is 49.1 Å². The number of hydrogen-bond donors (Lipinski definition) is 1. The molecule has 0 radical (unpaired) electrons. The minimum atomic E-state index is -1.16. The first-order chi connectivity index (χ1) is 2.27. The standard InChI is InChI=1S/CH5NOS2/c1-4-5(2)3/h2H2,1H3. The first-order valence-electron chi connectivity index (χ1n) is 0.977. The zero-order valence-electron chi connectivity index (χ0n) is 2.80. The third-order valence-corrected chi connectivity index (χ3v) is 1.48. The van der Waals surface area contributed by atoms with Gasteiger partial charge in [0, 0.05) is 6.26 Å². The lowest BCUT2D eigenvalue weighted by Crippen LogP contribution is -2.04. The average molecular weight is 111 g/mol. The van der Waals surface area contributed by atoms with Crippen molar-refractivity contribution in [3.63, 3.8) is 0 Å². The first kappa shape index (κ1) is 5.62. The largest absolute Gasteiger partial charge is 0.587 e. The summed E-state index contributed by atoms with van der Waals surface area (Å²) >= 11 is 0. The van der Waals surface area contributed by atoms with Crippen molar-refractivity contribution in [2.75, 3.05) is 6.26 Å². The molecule has 0 amide bonds. The van der Waals surface area contributed by atoms with Gasteiger partial charge in [-0.2, -0.15) is 0 Å². The Hall–Kier alpha value is 0.620. The van der Waals surface area contributed by atoms with Crippen LogP contribution in [-0.4, -0.2) is 10.8 Å². The quantitative estimate of drug-likeness (QED) is 0.379. The lowest BCUT2D eigenvalue weighted by atomic mass is 12.0. The molecule has 1 unspecified atom stereocenters. The average Bonchev–Trinajstić information content (AvgIpc) is 1.38. The second-order valence-electron chi connectivity index (χ2n) is 0.427. The Morgan fingerprint density at radius 2 is 2.20 bits per heavy atom. The van der Waals surface area contributed by atoms with E-state index in [1.54, 1.807) is 6.26 Å². The molecule has 32 valence electrons. The van der Waals surface area contributed by atoms with Crippen LogP contribution < -0.4 is 5.14 Å². The fourth-order valence-electron chi connectivity index (χ4n) is 0. The highest BCUT2D eigenvalue weighted by molar-refractivity contribution is 8.70. The molecule has 0 aromatic rings. The molecule has 0 bridgehead atoms. The van der Waals surface area contributed by atoms with E-state index in [-0.39, 0.29) is 0 Å². The van der Waals surface area contributed by atoms with Crippen LogP contribution in [0.2, 0.25) is 0 Å². The van der Waals surface area contributed by atoms with Gasteiger partial charge in [0.15, 0.2) is 0 Å². The van der Waals surface area contributed by atoms with Crippen molar-refractivity contribution < 1.29 is 4.55 Å². The van der Waals surface area contributed by atoms with E-state index in [2.05, 4.69) is 0 Å². The molecule has 0 saturated heterocycles. The Bertz CT molecular complexity index is 23.6. The van der Waals surface area contributed by atoms with Crippen LogP contribution in [0.3, 0.4) is 0 Å². The van der Waals surface area contributed by atoms with Gasteiger partial charge in [0.2, 0.25) is 0 Å². The third kappa shape index (κ3) is 4.62. The van der Waals surface area contributed by atoms with Crippen LogP contribution in [-0.2, 0) is 10.4 Å². The van der Waals surface area contributed by atoms with Gasteiger partial charge in [0.05, 0.1) is 0 Å². The minimum Gasteiger partial charge on any atom is -0.587 e. The molecule has 2 nitrogen and oxygen atoms in total. The first-order valence-corrected chi connectivity index (χ1v) is 3.93. The van der Waals surface area contributed by atoms with Gasteiger partial charge in [0.25, 0.3) is 0 Å². The maximum Gasteiger partial charge on any atom is 0.110 e. The lowest BCUT2D eigenvalue weighted by Gasteiger charge is -1.90. The molecule has 0 aromatic carbocycles. The summed E-state index contributed by atoms with van der Waals surface area (Å²) in [5, 5.41) is 4.73. The molecular weight excluding hydrogens is 106 g/mol. The van der Waals surface area contributed by atoms with Gasteiger partial charge >= 0.3 is 0 Å². The maximum absolute atomic E-state index is 9.66. The van der Waals surface area contributed by atoms with Gasteiger partial charge in [0.1, 0.15) is 21.2 Å².